The molecule has 0 spiro atoms. The molecule has 1 N–H and O–H groups in total. The van der Waals surface area contributed by atoms with Gasteiger partial charge in [-0.2, -0.15) is 5.10 Å². The number of hydrogen-bond donors (Lipinski definition) is 1. The average molecular weight is 431 g/mol. The van der Waals surface area contributed by atoms with Gasteiger partial charge in [0.25, 0.3) is 11.5 Å². The number of fused-ring (bicyclic) bond motifs is 1. The van der Waals surface area contributed by atoms with E-state index in [0.29, 0.717) is 22.0 Å². The first-order chi connectivity index (χ1) is 15.4. The van der Waals surface area contributed by atoms with Crippen molar-refractivity contribution in [1.82, 2.24) is 9.78 Å². The smallest absolute Gasteiger partial charge is 0.360 e. The number of benzene rings is 3. The van der Waals surface area contributed by atoms with Gasteiger partial charge in [-0.25, -0.2) is 13.9 Å². The van der Waals surface area contributed by atoms with E-state index in [2.05, 4.69) is 10.4 Å². The van der Waals surface area contributed by atoms with Gasteiger partial charge in [-0.15, -0.1) is 0 Å². The molecule has 32 heavy (non-hydrogen) atoms. The Balaban J connectivity index is 1.69. The number of ether oxygens (including phenoxy) is 1. The number of anilines is 1. The first-order valence-electron chi connectivity index (χ1n) is 9.72. The van der Waals surface area contributed by atoms with E-state index in [9.17, 15) is 18.8 Å². The van der Waals surface area contributed by atoms with Gasteiger partial charge in [0.2, 0.25) is 6.10 Å². The largest absolute Gasteiger partial charge is 0.442 e. The maximum atomic E-state index is 13.2. The number of aromatic nitrogens is 2. The molecule has 4 aromatic rings. The van der Waals surface area contributed by atoms with Crippen LogP contribution in [0.15, 0.2) is 83.7 Å². The van der Waals surface area contributed by atoms with Crippen LogP contribution in [0.1, 0.15) is 22.2 Å². The van der Waals surface area contributed by atoms with Gasteiger partial charge in [0.15, 0.2) is 5.69 Å². The number of esters is 1. The van der Waals surface area contributed by atoms with Gasteiger partial charge in [0.1, 0.15) is 5.82 Å². The minimum atomic E-state index is -1.30. The van der Waals surface area contributed by atoms with Gasteiger partial charge in [0.05, 0.1) is 5.39 Å². The van der Waals surface area contributed by atoms with Gasteiger partial charge in [-0.3, -0.25) is 9.59 Å². The van der Waals surface area contributed by atoms with Crippen LogP contribution in [0.2, 0.25) is 0 Å². The van der Waals surface area contributed by atoms with Crippen LogP contribution < -0.4 is 10.9 Å². The third-order valence-electron chi connectivity index (χ3n) is 4.83. The minimum Gasteiger partial charge on any atom is -0.442 e. The zero-order chi connectivity index (χ0) is 22.7. The number of carbonyl (C=O) groups excluding carboxylic acids is 2. The standard InChI is InChI=1S/C24H18FN3O4/c1-28-23(30)19-10-6-5-9-18(19)20(27-28)24(31)32-21(15-7-3-2-4-8-15)22(29)26-17-13-11-16(25)12-14-17/h2-14,21H,1H3,(H,26,29)/t21-/m1/s1. The second-order valence-electron chi connectivity index (χ2n) is 7.02. The Kier molecular flexibility index (Phi) is 5.76. The van der Waals surface area contributed by atoms with Gasteiger partial charge >= 0.3 is 5.97 Å². The van der Waals surface area contributed by atoms with Crippen molar-refractivity contribution >= 4 is 28.3 Å². The van der Waals surface area contributed by atoms with Crippen molar-refractivity contribution in [3.05, 3.63) is 106 Å². The number of hydrogen-bond acceptors (Lipinski definition) is 5. The first-order valence-corrected chi connectivity index (χ1v) is 9.72. The zero-order valence-corrected chi connectivity index (χ0v) is 17.0. The molecule has 4 rings (SSSR count). The van der Waals surface area contributed by atoms with E-state index in [-0.39, 0.29) is 11.3 Å². The molecular formula is C24H18FN3O4. The van der Waals surface area contributed by atoms with Gasteiger partial charge in [-0.1, -0.05) is 48.5 Å². The normalized spacial score (nSPS) is 11.7. The lowest BCUT2D eigenvalue weighted by molar-refractivity contribution is -0.125. The highest BCUT2D eigenvalue weighted by Gasteiger charge is 2.28. The summed E-state index contributed by atoms with van der Waals surface area (Å²) in [5.41, 5.74) is 0.345. The lowest BCUT2D eigenvalue weighted by Gasteiger charge is -2.18. The predicted octanol–water partition coefficient (Wildman–Crippen LogP) is 3.61. The fourth-order valence-electron chi connectivity index (χ4n) is 3.26. The van der Waals surface area contributed by atoms with Crippen LogP contribution in [-0.2, 0) is 16.6 Å². The quantitative estimate of drug-likeness (QED) is 0.488. The van der Waals surface area contributed by atoms with E-state index >= 15 is 0 Å². The van der Waals surface area contributed by atoms with Crippen molar-refractivity contribution in [3.63, 3.8) is 0 Å². The summed E-state index contributed by atoms with van der Waals surface area (Å²) in [6, 6.07) is 20.2. The summed E-state index contributed by atoms with van der Waals surface area (Å²) in [6.07, 6.45) is -1.30. The minimum absolute atomic E-state index is 0.0850. The van der Waals surface area contributed by atoms with Crippen LogP contribution in [-0.4, -0.2) is 21.7 Å². The molecule has 0 saturated carbocycles. The lowest BCUT2D eigenvalue weighted by atomic mass is 10.1. The SMILES string of the molecule is Cn1nc(C(=O)O[C@@H](C(=O)Nc2ccc(F)cc2)c2ccccc2)c2ccccc2c1=O. The number of amides is 1. The maximum absolute atomic E-state index is 13.2. The van der Waals surface area contributed by atoms with E-state index in [1.807, 2.05) is 0 Å². The topological polar surface area (TPSA) is 90.3 Å². The van der Waals surface area contributed by atoms with Crippen LogP contribution in [0.4, 0.5) is 10.1 Å². The molecular weight excluding hydrogens is 413 g/mol. The molecule has 3 aromatic carbocycles. The number of aryl methyl sites for hydroxylation is 1. The third-order valence-corrected chi connectivity index (χ3v) is 4.83. The molecule has 0 saturated heterocycles. The number of rotatable bonds is 5. The van der Waals surface area contributed by atoms with E-state index in [1.54, 1.807) is 54.6 Å². The van der Waals surface area contributed by atoms with Crippen LogP contribution in [0.25, 0.3) is 10.8 Å². The Morgan fingerprint density at radius 1 is 0.938 bits per heavy atom. The molecule has 1 amide bonds. The Hall–Kier alpha value is -4.33. The number of halogens is 1. The molecule has 1 atom stereocenters. The number of carbonyl (C=O) groups is 2. The maximum Gasteiger partial charge on any atom is 0.360 e. The van der Waals surface area contributed by atoms with Crippen molar-refractivity contribution in [2.75, 3.05) is 5.32 Å². The summed E-state index contributed by atoms with van der Waals surface area (Å²) in [7, 11) is 1.43. The summed E-state index contributed by atoms with van der Waals surface area (Å²) < 4.78 is 19.8. The zero-order valence-electron chi connectivity index (χ0n) is 17.0. The molecule has 0 fully saturated rings. The summed E-state index contributed by atoms with van der Waals surface area (Å²) in [5, 5.41) is 7.32. The molecule has 7 nitrogen and oxygen atoms in total. The highest BCUT2D eigenvalue weighted by molar-refractivity contribution is 6.04. The number of nitrogens with one attached hydrogen (secondary N) is 1. The fraction of sp³-hybridized carbons (Fsp3) is 0.0833. The Labute approximate surface area is 182 Å². The van der Waals surface area contributed by atoms with Crippen molar-refractivity contribution in [2.45, 2.75) is 6.10 Å². The molecule has 0 radical (unpaired) electrons. The molecule has 0 unspecified atom stereocenters. The van der Waals surface area contributed by atoms with Crippen molar-refractivity contribution in [2.24, 2.45) is 7.05 Å². The average Bonchev–Trinajstić information content (AvgIpc) is 2.81. The Morgan fingerprint density at radius 3 is 2.25 bits per heavy atom. The first kappa shape index (κ1) is 20.9. The summed E-state index contributed by atoms with van der Waals surface area (Å²) in [6.45, 7) is 0. The van der Waals surface area contributed by atoms with Crippen LogP contribution >= 0.6 is 0 Å². The van der Waals surface area contributed by atoms with E-state index < -0.39 is 23.8 Å². The summed E-state index contributed by atoms with van der Waals surface area (Å²) >= 11 is 0. The van der Waals surface area contributed by atoms with Gasteiger partial charge in [0, 0.05) is 23.7 Å². The van der Waals surface area contributed by atoms with E-state index in [0.717, 1.165) is 4.68 Å². The second-order valence-corrected chi connectivity index (χ2v) is 7.02. The van der Waals surface area contributed by atoms with Crippen molar-refractivity contribution < 1.29 is 18.7 Å². The summed E-state index contributed by atoms with van der Waals surface area (Å²) in [4.78, 5) is 38.4. The van der Waals surface area contributed by atoms with Crippen LogP contribution in [0, 0.1) is 5.82 Å². The molecule has 0 aliphatic heterocycles. The molecule has 0 aliphatic rings. The Morgan fingerprint density at radius 2 is 1.56 bits per heavy atom. The van der Waals surface area contributed by atoms with Crippen molar-refractivity contribution in [3.8, 4) is 0 Å². The molecule has 1 aromatic heterocycles. The van der Waals surface area contributed by atoms with Gasteiger partial charge in [-0.05, 0) is 30.3 Å². The number of nitrogens with zero attached hydrogens (tertiary/aromatic N) is 2. The van der Waals surface area contributed by atoms with Crippen LogP contribution in [0.3, 0.4) is 0 Å². The van der Waals surface area contributed by atoms with Crippen molar-refractivity contribution in [1.29, 1.82) is 0 Å². The second kappa shape index (κ2) is 8.81. The summed E-state index contributed by atoms with van der Waals surface area (Å²) in [5.74, 6) is -1.92. The molecule has 0 aliphatic carbocycles. The highest BCUT2D eigenvalue weighted by Crippen LogP contribution is 2.23. The van der Waals surface area contributed by atoms with E-state index in [4.69, 9.17) is 4.74 Å². The highest BCUT2D eigenvalue weighted by atomic mass is 19.1. The Bertz CT molecular complexity index is 1350. The third kappa shape index (κ3) is 4.24. The lowest BCUT2D eigenvalue weighted by Crippen LogP contribution is -2.28. The van der Waals surface area contributed by atoms with Gasteiger partial charge < -0.3 is 10.1 Å². The predicted molar refractivity (Wildman–Crippen MR) is 117 cm³/mol. The molecule has 0 bridgehead atoms. The molecule has 8 heteroatoms. The van der Waals surface area contributed by atoms with E-state index in [1.165, 1.54) is 31.3 Å². The molecule has 160 valence electrons. The molecule has 1 heterocycles. The monoisotopic (exact) mass is 431 g/mol. The van der Waals surface area contributed by atoms with Crippen LogP contribution in [0.5, 0.6) is 0 Å². The fourth-order valence-corrected chi connectivity index (χ4v) is 3.26.